The highest BCUT2D eigenvalue weighted by Gasteiger charge is 2.25. The van der Waals surface area contributed by atoms with Crippen LogP contribution in [0.15, 0.2) is 60.7 Å². The molecule has 0 saturated heterocycles. The Balaban J connectivity index is 2.10. The molecule has 5 nitrogen and oxygen atoms in total. The van der Waals surface area contributed by atoms with E-state index in [0.717, 1.165) is 11.3 Å². The van der Waals surface area contributed by atoms with Crippen LogP contribution >= 0.6 is 0 Å². The zero-order valence-corrected chi connectivity index (χ0v) is 14.5. The zero-order valence-electron chi connectivity index (χ0n) is 14.5. The van der Waals surface area contributed by atoms with Crippen LogP contribution in [0.2, 0.25) is 0 Å². The first kappa shape index (κ1) is 18.3. The molecular formula is C20H21NO4. The Morgan fingerprint density at radius 1 is 1.00 bits per heavy atom. The normalized spacial score (nSPS) is 11.8. The topological polar surface area (TPSA) is 55.8 Å². The standard InChI is InChI=1S/C20H21NO4/c1-21(2)20(23)19(16-7-5-4-6-8-16)25-18(22)14-11-15-9-12-17(24-3)13-10-15/h4-14,19H,1-3H3/b14-11+/t19-/m1/s1. The van der Waals surface area contributed by atoms with Crippen molar-refractivity contribution in [2.75, 3.05) is 21.2 Å². The number of benzene rings is 2. The van der Waals surface area contributed by atoms with Gasteiger partial charge in [0.2, 0.25) is 6.10 Å². The fourth-order valence-electron chi connectivity index (χ4n) is 2.16. The largest absolute Gasteiger partial charge is 0.497 e. The second-order valence-electron chi connectivity index (χ2n) is 5.57. The van der Waals surface area contributed by atoms with Crippen LogP contribution in [-0.4, -0.2) is 38.0 Å². The van der Waals surface area contributed by atoms with E-state index < -0.39 is 12.1 Å². The third kappa shape index (κ3) is 5.21. The van der Waals surface area contributed by atoms with E-state index in [4.69, 9.17) is 9.47 Å². The lowest BCUT2D eigenvalue weighted by Crippen LogP contribution is -2.30. The number of carbonyl (C=O) groups is 2. The third-order valence-corrected chi connectivity index (χ3v) is 3.53. The predicted molar refractivity (Wildman–Crippen MR) is 96.0 cm³/mol. The van der Waals surface area contributed by atoms with Gasteiger partial charge < -0.3 is 14.4 Å². The van der Waals surface area contributed by atoms with Crippen molar-refractivity contribution >= 4 is 18.0 Å². The maximum Gasteiger partial charge on any atom is 0.331 e. The van der Waals surface area contributed by atoms with Crippen LogP contribution in [0.25, 0.3) is 6.08 Å². The molecule has 5 heteroatoms. The summed E-state index contributed by atoms with van der Waals surface area (Å²) in [6.45, 7) is 0. The van der Waals surface area contributed by atoms with E-state index in [-0.39, 0.29) is 5.91 Å². The Morgan fingerprint density at radius 3 is 2.20 bits per heavy atom. The highest BCUT2D eigenvalue weighted by molar-refractivity contribution is 5.90. The maximum absolute atomic E-state index is 12.3. The number of hydrogen-bond acceptors (Lipinski definition) is 4. The smallest absolute Gasteiger partial charge is 0.331 e. The second kappa shape index (κ2) is 8.68. The third-order valence-electron chi connectivity index (χ3n) is 3.53. The average molecular weight is 339 g/mol. The van der Waals surface area contributed by atoms with Gasteiger partial charge in [0.1, 0.15) is 5.75 Å². The number of methoxy groups -OCH3 is 1. The monoisotopic (exact) mass is 339 g/mol. The molecule has 0 spiro atoms. The summed E-state index contributed by atoms with van der Waals surface area (Å²) in [5.41, 5.74) is 1.46. The summed E-state index contributed by atoms with van der Waals surface area (Å²) in [5, 5.41) is 0. The summed E-state index contributed by atoms with van der Waals surface area (Å²) in [6.07, 6.45) is 1.97. The summed E-state index contributed by atoms with van der Waals surface area (Å²) in [4.78, 5) is 25.9. The lowest BCUT2D eigenvalue weighted by atomic mass is 10.1. The van der Waals surface area contributed by atoms with Gasteiger partial charge in [0.05, 0.1) is 7.11 Å². The molecule has 0 fully saturated rings. The minimum absolute atomic E-state index is 0.294. The highest BCUT2D eigenvalue weighted by Crippen LogP contribution is 2.20. The van der Waals surface area contributed by atoms with E-state index in [2.05, 4.69) is 0 Å². The zero-order chi connectivity index (χ0) is 18.2. The van der Waals surface area contributed by atoms with Gasteiger partial charge in [-0.25, -0.2) is 4.79 Å². The molecule has 0 aliphatic carbocycles. The van der Waals surface area contributed by atoms with Gasteiger partial charge in [0, 0.05) is 25.7 Å². The molecule has 2 aromatic rings. The maximum atomic E-state index is 12.3. The van der Waals surface area contributed by atoms with Crippen LogP contribution in [0, 0.1) is 0 Å². The van der Waals surface area contributed by atoms with Crippen LogP contribution in [0.3, 0.4) is 0 Å². The van der Waals surface area contributed by atoms with Crippen molar-refractivity contribution < 1.29 is 19.1 Å². The number of likely N-dealkylation sites (N-methyl/N-ethyl adjacent to an activating group) is 1. The van der Waals surface area contributed by atoms with Crippen LogP contribution in [0.4, 0.5) is 0 Å². The first-order chi connectivity index (χ1) is 12.0. The fraction of sp³-hybridized carbons (Fsp3) is 0.200. The Kier molecular flexibility index (Phi) is 6.34. The van der Waals surface area contributed by atoms with E-state index in [1.165, 1.54) is 11.0 Å². The Hall–Kier alpha value is -3.08. The van der Waals surface area contributed by atoms with E-state index in [1.807, 2.05) is 18.2 Å². The molecule has 0 aromatic heterocycles. The molecule has 0 unspecified atom stereocenters. The van der Waals surface area contributed by atoms with E-state index in [0.29, 0.717) is 5.56 Å². The Morgan fingerprint density at radius 2 is 1.64 bits per heavy atom. The van der Waals surface area contributed by atoms with Gasteiger partial charge in [-0.2, -0.15) is 0 Å². The first-order valence-corrected chi connectivity index (χ1v) is 7.80. The molecule has 0 aliphatic rings. The molecule has 2 rings (SSSR count). The van der Waals surface area contributed by atoms with E-state index >= 15 is 0 Å². The van der Waals surface area contributed by atoms with Gasteiger partial charge in [-0.3, -0.25) is 4.79 Å². The molecule has 25 heavy (non-hydrogen) atoms. The summed E-state index contributed by atoms with van der Waals surface area (Å²) in [6, 6.07) is 16.2. The lowest BCUT2D eigenvalue weighted by molar-refractivity contribution is -0.155. The van der Waals surface area contributed by atoms with Gasteiger partial charge in [-0.1, -0.05) is 42.5 Å². The summed E-state index contributed by atoms with van der Waals surface area (Å²) in [7, 11) is 4.84. The van der Waals surface area contributed by atoms with Crippen LogP contribution < -0.4 is 4.74 Å². The molecule has 0 heterocycles. The molecule has 0 aliphatic heterocycles. The molecule has 0 saturated carbocycles. The number of hydrogen-bond donors (Lipinski definition) is 0. The van der Waals surface area contributed by atoms with Crippen molar-refractivity contribution in [3.63, 3.8) is 0 Å². The van der Waals surface area contributed by atoms with Crippen molar-refractivity contribution in [1.82, 2.24) is 4.90 Å². The SMILES string of the molecule is COc1ccc(/C=C/C(=O)O[C@@H](C(=O)N(C)C)c2ccccc2)cc1. The van der Waals surface area contributed by atoms with Crippen LogP contribution in [0.5, 0.6) is 5.75 Å². The van der Waals surface area contributed by atoms with Gasteiger partial charge in [-0.15, -0.1) is 0 Å². The predicted octanol–water partition coefficient (Wildman–Crippen LogP) is 3.08. The van der Waals surface area contributed by atoms with Gasteiger partial charge in [0.25, 0.3) is 5.91 Å². The molecule has 1 amide bonds. The molecule has 1 atom stereocenters. The molecule has 0 N–H and O–H groups in total. The first-order valence-electron chi connectivity index (χ1n) is 7.80. The Bertz CT molecular complexity index is 736. The van der Waals surface area contributed by atoms with Crippen molar-refractivity contribution in [2.45, 2.75) is 6.10 Å². The molecule has 130 valence electrons. The van der Waals surface area contributed by atoms with E-state index in [9.17, 15) is 9.59 Å². The van der Waals surface area contributed by atoms with E-state index in [1.54, 1.807) is 63.7 Å². The highest BCUT2D eigenvalue weighted by atomic mass is 16.5. The average Bonchev–Trinajstić information content (AvgIpc) is 2.65. The van der Waals surface area contributed by atoms with Crippen molar-refractivity contribution in [3.8, 4) is 5.75 Å². The number of amides is 1. The van der Waals surface area contributed by atoms with Crippen LogP contribution in [-0.2, 0) is 14.3 Å². The van der Waals surface area contributed by atoms with Crippen LogP contribution in [0.1, 0.15) is 17.2 Å². The van der Waals surface area contributed by atoms with Crippen molar-refractivity contribution in [2.24, 2.45) is 0 Å². The number of ether oxygens (including phenoxy) is 2. The minimum Gasteiger partial charge on any atom is -0.497 e. The number of esters is 1. The summed E-state index contributed by atoms with van der Waals surface area (Å²) in [5.74, 6) is -0.141. The molecule has 0 radical (unpaired) electrons. The Labute approximate surface area is 147 Å². The minimum atomic E-state index is -0.968. The fourth-order valence-corrected chi connectivity index (χ4v) is 2.16. The quantitative estimate of drug-likeness (QED) is 0.599. The van der Waals surface area contributed by atoms with Gasteiger partial charge in [-0.05, 0) is 23.8 Å². The number of nitrogens with zero attached hydrogens (tertiary/aromatic N) is 1. The van der Waals surface area contributed by atoms with Gasteiger partial charge in [0.15, 0.2) is 0 Å². The number of carbonyl (C=O) groups excluding carboxylic acids is 2. The second-order valence-corrected chi connectivity index (χ2v) is 5.57. The van der Waals surface area contributed by atoms with Crippen molar-refractivity contribution in [3.05, 3.63) is 71.8 Å². The lowest BCUT2D eigenvalue weighted by Gasteiger charge is -2.20. The van der Waals surface area contributed by atoms with Gasteiger partial charge >= 0.3 is 5.97 Å². The van der Waals surface area contributed by atoms with Crippen molar-refractivity contribution in [1.29, 1.82) is 0 Å². The summed E-state index contributed by atoms with van der Waals surface area (Å²) < 4.78 is 10.5. The molecule has 2 aromatic carbocycles. The molecule has 0 bridgehead atoms. The number of rotatable bonds is 6. The molecular weight excluding hydrogens is 318 g/mol. The summed E-state index contributed by atoms with van der Waals surface area (Å²) >= 11 is 0.